The maximum atomic E-state index is 14.1. The summed E-state index contributed by atoms with van der Waals surface area (Å²) in [5.41, 5.74) is 2.29. The molecule has 4 rings (SSSR count). The minimum atomic E-state index is -2.67. The number of hydrogen-bond donors (Lipinski definition) is 0. The van der Waals surface area contributed by atoms with Crippen LogP contribution in [-0.2, 0) is 4.57 Å². The van der Waals surface area contributed by atoms with Crippen LogP contribution in [0, 0.1) is 0 Å². The van der Waals surface area contributed by atoms with E-state index in [0.717, 1.165) is 46.9 Å². The van der Waals surface area contributed by atoms with E-state index in [1.54, 1.807) is 11.8 Å². The summed E-state index contributed by atoms with van der Waals surface area (Å²) in [6.07, 6.45) is 4.77. The molecular weight excluding hydrogens is 357 g/mol. The van der Waals surface area contributed by atoms with E-state index >= 15 is 0 Å². The summed E-state index contributed by atoms with van der Waals surface area (Å²) in [7, 11) is -2.67. The average Bonchev–Trinajstić information content (AvgIpc) is 2.99. The lowest BCUT2D eigenvalue weighted by molar-refractivity contribution is 0.434. The van der Waals surface area contributed by atoms with Crippen molar-refractivity contribution in [3.05, 3.63) is 83.4 Å². The smallest absolute Gasteiger partial charge is 0.195 e. The van der Waals surface area contributed by atoms with E-state index in [0.29, 0.717) is 0 Å². The first kappa shape index (κ1) is 17.9. The summed E-state index contributed by atoms with van der Waals surface area (Å²) < 4.78 is 16.3. The van der Waals surface area contributed by atoms with E-state index in [9.17, 15) is 4.57 Å². The van der Waals surface area contributed by atoms with Gasteiger partial charge in [0.05, 0.1) is 0 Å². The van der Waals surface area contributed by atoms with Crippen LogP contribution in [0.3, 0.4) is 0 Å². The second-order valence-corrected chi connectivity index (χ2v) is 10.4. The topological polar surface area (TPSA) is 20.3 Å². The molecule has 2 aliphatic heterocycles. The van der Waals surface area contributed by atoms with Crippen LogP contribution in [-0.4, -0.2) is 17.8 Å². The zero-order valence-electron chi connectivity index (χ0n) is 14.9. The second kappa shape index (κ2) is 8.00. The van der Waals surface area contributed by atoms with Crippen LogP contribution in [0.15, 0.2) is 72.3 Å². The normalized spacial score (nSPS) is 20.8. The van der Waals surface area contributed by atoms with Gasteiger partial charge in [-0.25, -0.2) is 4.67 Å². The number of rotatable bonds is 3. The summed E-state index contributed by atoms with van der Waals surface area (Å²) in [6.45, 7) is 1.86. The molecule has 1 fully saturated rings. The van der Waals surface area contributed by atoms with Gasteiger partial charge in [-0.3, -0.25) is 4.57 Å². The van der Waals surface area contributed by atoms with Crippen molar-refractivity contribution >= 4 is 28.9 Å². The quantitative estimate of drug-likeness (QED) is 0.540. The number of benzene rings is 2. The van der Waals surface area contributed by atoms with Gasteiger partial charge in [0.15, 0.2) is 7.29 Å². The Morgan fingerprint density at radius 2 is 1.15 bits per heavy atom. The molecule has 2 aromatic carbocycles. The van der Waals surface area contributed by atoms with Gasteiger partial charge >= 0.3 is 0 Å². The molecule has 0 spiro atoms. The lowest BCUT2D eigenvalue weighted by atomic mass is 10.2. The first-order chi connectivity index (χ1) is 12.7. The van der Waals surface area contributed by atoms with E-state index in [4.69, 9.17) is 0 Å². The Hall–Kier alpha value is -1.54. The third-order valence-corrected chi connectivity index (χ3v) is 9.00. The molecule has 2 heterocycles. The molecule has 2 aliphatic rings. The molecule has 0 atom stereocenters. The van der Waals surface area contributed by atoms with E-state index in [1.165, 1.54) is 12.8 Å². The molecule has 0 N–H and O–H groups in total. The van der Waals surface area contributed by atoms with Gasteiger partial charge in [-0.15, -0.1) is 0 Å². The zero-order chi connectivity index (χ0) is 17.8. The summed E-state index contributed by atoms with van der Waals surface area (Å²) in [6, 6.07) is 20.7. The second-order valence-electron chi connectivity index (χ2n) is 6.86. The van der Waals surface area contributed by atoms with Crippen molar-refractivity contribution < 1.29 is 4.57 Å². The molecular formula is C22H24NOPS. The lowest BCUT2D eigenvalue weighted by Crippen LogP contribution is -2.20. The highest BCUT2D eigenvalue weighted by Gasteiger charge is 2.32. The Bertz CT molecular complexity index is 793. The van der Waals surface area contributed by atoms with Crippen molar-refractivity contribution in [2.45, 2.75) is 25.7 Å². The third kappa shape index (κ3) is 3.91. The summed E-state index contributed by atoms with van der Waals surface area (Å²) in [5, 5.41) is 0. The molecule has 0 aromatic heterocycles. The predicted molar refractivity (Wildman–Crippen MR) is 114 cm³/mol. The highest BCUT2D eigenvalue weighted by atomic mass is 32.2. The van der Waals surface area contributed by atoms with Crippen LogP contribution in [0.5, 0.6) is 0 Å². The fourth-order valence-electron chi connectivity index (χ4n) is 3.55. The first-order valence-electron chi connectivity index (χ1n) is 9.34. The van der Waals surface area contributed by atoms with Gasteiger partial charge in [0.25, 0.3) is 0 Å². The molecule has 0 amide bonds. The van der Waals surface area contributed by atoms with Gasteiger partial charge in [0.2, 0.25) is 0 Å². The van der Waals surface area contributed by atoms with Gasteiger partial charge < -0.3 is 0 Å². The van der Waals surface area contributed by atoms with Crippen LogP contribution < -0.4 is 0 Å². The summed E-state index contributed by atoms with van der Waals surface area (Å²) in [5.74, 6) is 4.09. The molecule has 0 saturated carbocycles. The van der Waals surface area contributed by atoms with Crippen molar-refractivity contribution in [1.29, 1.82) is 0 Å². The fourth-order valence-corrected chi connectivity index (χ4v) is 7.90. The average molecular weight is 381 g/mol. The molecule has 2 nitrogen and oxygen atoms in total. The SMILES string of the molecule is O=P1(N2CCCCCC2)C=C(c2ccccc2)SC(c2ccccc2)=C1. The van der Waals surface area contributed by atoms with Gasteiger partial charge in [-0.2, -0.15) is 0 Å². The standard InChI is InChI=1S/C22H24NOPS/c24-25(23-15-9-1-2-10-16-23)17-21(19-11-5-3-6-12-19)26-22(18-25)20-13-7-4-8-14-20/h3-8,11-14,17-18H,1-2,9-10,15-16H2. The van der Waals surface area contributed by atoms with E-state index in [-0.39, 0.29) is 0 Å². The van der Waals surface area contributed by atoms with Crippen LogP contribution in [0.4, 0.5) is 0 Å². The molecule has 0 bridgehead atoms. The minimum absolute atomic E-state index is 0.930. The Morgan fingerprint density at radius 3 is 1.62 bits per heavy atom. The predicted octanol–water partition coefficient (Wildman–Crippen LogP) is 6.88. The van der Waals surface area contributed by atoms with Gasteiger partial charge in [-0.05, 0) is 24.0 Å². The van der Waals surface area contributed by atoms with Crippen molar-refractivity contribution in [3.8, 4) is 0 Å². The van der Waals surface area contributed by atoms with Crippen LogP contribution in [0.25, 0.3) is 9.81 Å². The van der Waals surface area contributed by atoms with E-state index in [2.05, 4.69) is 28.9 Å². The Labute approximate surface area is 160 Å². The maximum absolute atomic E-state index is 14.1. The molecule has 134 valence electrons. The van der Waals surface area contributed by atoms with Crippen molar-refractivity contribution in [3.63, 3.8) is 0 Å². The lowest BCUT2D eigenvalue weighted by Gasteiger charge is -2.30. The summed E-state index contributed by atoms with van der Waals surface area (Å²) in [4.78, 5) is 2.22. The van der Waals surface area contributed by atoms with Gasteiger partial charge in [0, 0.05) is 34.5 Å². The molecule has 0 unspecified atom stereocenters. The molecule has 1 saturated heterocycles. The minimum Gasteiger partial charge on any atom is -0.297 e. The fraction of sp³-hybridized carbons (Fsp3) is 0.273. The van der Waals surface area contributed by atoms with Crippen LogP contribution in [0.1, 0.15) is 36.8 Å². The van der Waals surface area contributed by atoms with Gasteiger partial charge in [0.1, 0.15) is 0 Å². The van der Waals surface area contributed by atoms with E-state index in [1.807, 2.05) is 48.0 Å². The Morgan fingerprint density at radius 1 is 0.692 bits per heavy atom. The number of nitrogens with zero attached hydrogens (tertiary/aromatic N) is 1. The molecule has 2 aromatic rings. The largest absolute Gasteiger partial charge is 0.297 e. The van der Waals surface area contributed by atoms with Crippen molar-refractivity contribution in [1.82, 2.24) is 4.67 Å². The highest BCUT2D eigenvalue weighted by Crippen LogP contribution is 2.63. The number of hydrogen-bond acceptors (Lipinski definition) is 2. The Balaban J connectivity index is 1.77. The zero-order valence-corrected chi connectivity index (χ0v) is 16.6. The maximum Gasteiger partial charge on any atom is 0.195 e. The van der Waals surface area contributed by atoms with Crippen LogP contribution >= 0.6 is 19.1 Å². The number of thioether (sulfide) groups is 1. The molecule has 0 aliphatic carbocycles. The Kier molecular flexibility index (Phi) is 5.49. The third-order valence-electron chi connectivity index (χ3n) is 4.97. The van der Waals surface area contributed by atoms with Crippen LogP contribution in [0.2, 0.25) is 0 Å². The van der Waals surface area contributed by atoms with Crippen molar-refractivity contribution in [2.75, 3.05) is 13.1 Å². The molecule has 26 heavy (non-hydrogen) atoms. The first-order valence-corrected chi connectivity index (χ1v) is 12.0. The van der Waals surface area contributed by atoms with Crippen molar-refractivity contribution in [2.24, 2.45) is 0 Å². The van der Waals surface area contributed by atoms with E-state index < -0.39 is 7.29 Å². The monoisotopic (exact) mass is 381 g/mol. The highest BCUT2D eigenvalue weighted by molar-refractivity contribution is 8.17. The van der Waals surface area contributed by atoms with Gasteiger partial charge in [-0.1, -0.05) is 85.3 Å². The molecule has 4 heteroatoms. The molecule has 0 radical (unpaired) electrons. The summed E-state index contributed by atoms with van der Waals surface area (Å²) >= 11 is 1.73.